The van der Waals surface area contributed by atoms with E-state index in [1.807, 2.05) is 60.7 Å². The first-order valence-corrected chi connectivity index (χ1v) is 18.7. The predicted molar refractivity (Wildman–Crippen MR) is 197 cm³/mol. The second kappa shape index (κ2) is 13.7. The Morgan fingerprint density at radius 2 is 0.938 bits per heavy atom. The van der Waals surface area contributed by atoms with Crippen LogP contribution in [0.3, 0.4) is 0 Å². The molecule has 2 unspecified atom stereocenters. The standard InChI is InChI=1S/C38H30O6S4/c1-21(39)13-35(41)43-27(15-23-9-5-3-6-10-23)31-19-33-37(47-31)25-17-30-26(18-29(25)45-33)38-34(46-30)20-32(48-38)28(44-36(42)14-22(2)40)16-24-11-7-4-8-12-24/h3-12,17-20,27-28H,13-16H2,1-2H3. The number of carbonyl (C=O) groups is 4. The van der Waals surface area contributed by atoms with Gasteiger partial charge in [-0.15, -0.1) is 45.3 Å². The molecule has 0 radical (unpaired) electrons. The van der Waals surface area contributed by atoms with Crippen molar-refractivity contribution in [3.8, 4) is 0 Å². The summed E-state index contributed by atoms with van der Waals surface area (Å²) in [5.74, 6) is -1.46. The molecule has 0 saturated heterocycles. The maximum atomic E-state index is 12.6. The zero-order valence-corrected chi connectivity index (χ0v) is 29.4. The Balaban J connectivity index is 1.22. The highest BCUT2D eigenvalue weighted by atomic mass is 32.1. The lowest BCUT2D eigenvalue weighted by Crippen LogP contribution is -2.15. The van der Waals surface area contributed by atoms with Gasteiger partial charge in [-0.05, 0) is 49.2 Å². The number of benzene rings is 3. The van der Waals surface area contributed by atoms with E-state index in [0.717, 1.165) is 39.7 Å². The second-order valence-corrected chi connectivity index (χ2v) is 16.2. The van der Waals surface area contributed by atoms with Gasteiger partial charge in [0.15, 0.2) is 0 Å². The Hall–Kier alpha value is -4.22. The van der Waals surface area contributed by atoms with E-state index in [4.69, 9.17) is 9.47 Å². The van der Waals surface area contributed by atoms with Crippen LogP contribution in [0.5, 0.6) is 0 Å². The predicted octanol–water partition coefficient (Wildman–Crippen LogP) is 10.2. The Bertz CT molecular complexity index is 2140. The maximum Gasteiger partial charge on any atom is 0.313 e. The molecule has 0 aliphatic rings. The number of ether oxygens (including phenoxy) is 2. The van der Waals surface area contributed by atoms with Gasteiger partial charge in [0, 0.05) is 52.2 Å². The van der Waals surface area contributed by atoms with E-state index in [0.29, 0.717) is 12.8 Å². The first-order chi connectivity index (χ1) is 23.2. The molecular weight excluding hydrogens is 681 g/mol. The van der Waals surface area contributed by atoms with Gasteiger partial charge in [-0.1, -0.05) is 60.7 Å². The van der Waals surface area contributed by atoms with Crippen molar-refractivity contribution in [2.45, 2.75) is 51.7 Å². The minimum absolute atomic E-state index is 0.218. The molecule has 0 fully saturated rings. The number of esters is 2. The fourth-order valence-corrected chi connectivity index (χ4v) is 11.0. The molecule has 48 heavy (non-hydrogen) atoms. The molecule has 7 aromatic rings. The largest absolute Gasteiger partial charge is 0.456 e. The van der Waals surface area contributed by atoms with E-state index < -0.39 is 24.1 Å². The van der Waals surface area contributed by atoms with Crippen LogP contribution in [-0.2, 0) is 41.5 Å². The van der Waals surface area contributed by atoms with Crippen molar-refractivity contribution in [2.24, 2.45) is 0 Å². The molecule has 10 heteroatoms. The van der Waals surface area contributed by atoms with E-state index in [-0.39, 0.29) is 24.4 Å². The molecule has 4 aromatic heterocycles. The lowest BCUT2D eigenvalue weighted by atomic mass is 10.1. The number of fused-ring (bicyclic) bond motifs is 6. The van der Waals surface area contributed by atoms with Gasteiger partial charge in [-0.3, -0.25) is 19.2 Å². The molecule has 0 aliphatic heterocycles. The number of carbonyl (C=O) groups excluding carboxylic acids is 4. The second-order valence-electron chi connectivity index (χ2n) is 11.8. The van der Waals surface area contributed by atoms with Crippen molar-refractivity contribution in [3.05, 3.63) is 106 Å². The topological polar surface area (TPSA) is 86.7 Å². The molecule has 3 aromatic carbocycles. The van der Waals surface area contributed by atoms with Crippen LogP contribution in [0.1, 0.15) is 59.8 Å². The molecule has 7 rings (SSSR count). The van der Waals surface area contributed by atoms with Crippen LogP contribution in [0, 0.1) is 0 Å². The summed E-state index contributed by atoms with van der Waals surface area (Å²) in [5, 5.41) is 2.34. The van der Waals surface area contributed by atoms with E-state index in [1.165, 1.54) is 34.0 Å². The highest BCUT2D eigenvalue weighted by Crippen LogP contribution is 2.48. The maximum absolute atomic E-state index is 12.6. The summed E-state index contributed by atoms with van der Waals surface area (Å²) < 4.78 is 18.7. The zero-order valence-electron chi connectivity index (χ0n) is 26.1. The first kappa shape index (κ1) is 32.3. The van der Waals surface area contributed by atoms with E-state index in [1.54, 1.807) is 45.3 Å². The quantitative estimate of drug-likeness (QED) is 0.0927. The smallest absolute Gasteiger partial charge is 0.313 e. The van der Waals surface area contributed by atoms with Crippen LogP contribution < -0.4 is 0 Å². The highest BCUT2D eigenvalue weighted by molar-refractivity contribution is 7.34. The molecule has 4 heterocycles. The Labute approximate surface area is 292 Å². The van der Waals surface area contributed by atoms with Gasteiger partial charge in [-0.25, -0.2) is 0 Å². The summed E-state index contributed by atoms with van der Waals surface area (Å²) in [6.07, 6.45) is -0.393. The molecule has 6 nitrogen and oxygen atoms in total. The Kier molecular flexibility index (Phi) is 9.24. The molecule has 0 aliphatic carbocycles. The molecule has 0 bridgehead atoms. The molecule has 0 spiro atoms. The minimum Gasteiger partial charge on any atom is -0.456 e. The van der Waals surface area contributed by atoms with Crippen molar-refractivity contribution < 1.29 is 28.7 Å². The third-order valence-electron chi connectivity index (χ3n) is 7.94. The van der Waals surface area contributed by atoms with Crippen LogP contribution in [0.4, 0.5) is 0 Å². The van der Waals surface area contributed by atoms with Crippen molar-refractivity contribution in [2.75, 3.05) is 0 Å². The summed E-state index contributed by atoms with van der Waals surface area (Å²) in [4.78, 5) is 50.3. The van der Waals surface area contributed by atoms with Crippen molar-refractivity contribution in [1.82, 2.24) is 0 Å². The molecule has 0 saturated carbocycles. The molecule has 2 atom stereocenters. The third-order valence-corrected chi connectivity index (χ3v) is 12.9. The SMILES string of the molecule is CC(=O)CC(=O)OC(Cc1ccccc1)c1cc2sc3cc4c(cc3c2s1)sc1cc(C(Cc2ccccc2)OC(=O)CC(C)=O)sc14. The lowest BCUT2D eigenvalue weighted by Gasteiger charge is -2.16. The van der Waals surface area contributed by atoms with E-state index >= 15 is 0 Å². The van der Waals surface area contributed by atoms with Gasteiger partial charge in [0.25, 0.3) is 0 Å². The van der Waals surface area contributed by atoms with Crippen LogP contribution in [0.15, 0.2) is 84.9 Å². The summed E-state index contributed by atoms with van der Waals surface area (Å²) in [7, 11) is 0. The molecule has 0 amide bonds. The number of rotatable bonds is 12. The van der Waals surface area contributed by atoms with Gasteiger partial charge < -0.3 is 9.47 Å². The minimum atomic E-state index is -0.510. The molecular formula is C38H30O6S4. The van der Waals surface area contributed by atoms with Crippen LogP contribution in [-0.4, -0.2) is 23.5 Å². The molecule has 242 valence electrons. The van der Waals surface area contributed by atoms with Crippen LogP contribution >= 0.6 is 45.3 Å². The monoisotopic (exact) mass is 710 g/mol. The Morgan fingerprint density at radius 1 is 0.542 bits per heavy atom. The summed E-state index contributed by atoms with van der Waals surface area (Å²) in [6.45, 7) is 2.79. The van der Waals surface area contributed by atoms with Gasteiger partial charge in [0.1, 0.15) is 36.6 Å². The lowest BCUT2D eigenvalue weighted by molar-refractivity contribution is -0.152. The summed E-state index contributed by atoms with van der Waals surface area (Å²) >= 11 is 6.71. The average molecular weight is 711 g/mol. The van der Waals surface area contributed by atoms with Crippen LogP contribution in [0.25, 0.3) is 39.0 Å². The third kappa shape index (κ3) is 6.98. The number of hydrogen-bond donors (Lipinski definition) is 0. The average Bonchev–Trinajstić information content (AvgIpc) is 3.79. The van der Waals surface area contributed by atoms with E-state index in [2.05, 4.69) is 24.3 Å². The van der Waals surface area contributed by atoms with E-state index in [9.17, 15) is 19.2 Å². The van der Waals surface area contributed by atoms with Crippen LogP contribution in [0.2, 0.25) is 0 Å². The highest BCUT2D eigenvalue weighted by Gasteiger charge is 2.25. The van der Waals surface area contributed by atoms with Gasteiger partial charge in [0.2, 0.25) is 0 Å². The summed E-state index contributed by atoms with van der Waals surface area (Å²) in [5.41, 5.74) is 2.11. The van der Waals surface area contributed by atoms with Crippen molar-refractivity contribution >= 4 is 108 Å². The normalized spacial score (nSPS) is 12.9. The zero-order chi connectivity index (χ0) is 33.4. The number of ketones is 2. The summed E-state index contributed by atoms with van der Waals surface area (Å²) in [6, 6.07) is 28.6. The molecule has 0 N–H and O–H groups in total. The number of Topliss-reactive ketones (excluding diaryl/α,β-unsaturated/α-hetero) is 2. The van der Waals surface area contributed by atoms with Gasteiger partial charge in [0.05, 0.1) is 9.40 Å². The van der Waals surface area contributed by atoms with Gasteiger partial charge >= 0.3 is 11.9 Å². The van der Waals surface area contributed by atoms with Crippen molar-refractivity contribution in [3.63, 3.8) is 0 Å². The van der Waals surface area contributed by atoms with Crippen molar-refractivity contribution in [1.29, 1.82) is 0 Å². The first-order valence-electron chi connectivity index (χ1n) is 15.5. The number of hydrogen-bond acceptors (Lipinski definition) is 10. The Morgan fingerprint density at radius 3 is 1.31 bits per heavy atom. The number of thiophene rings is 4. The fraction of sp³-hybridized carbons (Fsp3) is 0.211. The fourth-order valence-electron chi connectivity index (χ4n) is 5.81. The van der Waals surface area contributed by atoms with Gasteiger partial charge in [-0.2, -0.15) is 0 Å².